The van der Waals surface area contributed by atoms with Gasteiger partial charge in [-0.25, -0.2) is 0 Å². The lowest BCUT2D eigenvalue weighted by Crippen LogP contribution is -2.17. The van der Waals surface area contributed by atoms with E-state index in [1.54, 1.807) is 0 Å². The molecule has 1 saturated heterocycles. The standard InChI is InChI=1S/C8H17NO/c1-7(6-9)5-8-3-2-4-10-8/h7-8H,2-6,9H2,1H3/t7-,8?/m0/s1. The zero-order valence-electron chi connectivity index (χ0n) is 6.68. The van der Waals surface area contributed by atoms with E-state index in [0.717, 1.165) is 19.6 Å². The molecule has 2 nitrogen and oxygen atoms in total. The van der Waals surface area contributed by atoms with Gasteiger partial charge in [0, 0.05) is 6.61 Å². The van der Waals surface area contributed by atoms with Gasteiger partial charge >= 0.3 is 0 Å². The SMILES string of the molecule is C[C@H](CN)CC1CCCO1. The van der Waals surface area contributed by atoms with E-state index in [1.807, 2.05) is 0 Å². The van der Waals surface area contributed by atoms with E-state index < -0.39 is 0 Å². The number of rotatable bonds is 3. The van der Waals surface area contributed by atoms with E-state index in [1.165, 1.54) is 12.8 Å². The van der Waals surface area contributed by atoms with Crippen molar-refractivity contribution >= 4 is 0 Å². The van der Waals surface area contributed by atoms with Crippen molar-refractivity contribution < 1.29 is 4.74 Å². The van der Waals surface area contributed by atoms with Crippen LogP contribution in [-0.4, -0.2) is 19.3 Å². The van der Waals surface area contributed by atoms with Gasteiger partial charge in [0.1, 0.15) is 0 Å². The van der Waals surface area contributed by atoms with Gasteiger partial charge in [0.15, 0.2) is 0 Å². The Morgan fingerprint density at radius 3 is 3.00 bits per heavy atom. The van der Waals surface area contributed by atoms with Crippen LogP contribution in [0.2, 0.25) is 0 Å². The van der Waals surface area contributed by atoms with Crippen LogP contribution in [-0.2, 0) is 4.74 Å². The number of ether oxygens (including phenoxy) is 1. The molecule has 1 rings (SSSR count). The van der Waals surface area contributed by atoms with E-state index in [-0.39, 0.29) is 0 Å². The third-order valence-corrected chi connectivity index (χ3v) is 2.09. The fraction of sp³-hybridized carbons (Fsp3) is 1.00. The van der Waals surface area contributed by atoms with Crippen molar-refractivity contribution in [2.24, 2.45) is 11.7 Å². The first-order valence-electron chi connectivity index (χ1n) is 4.14. The summed E-state index contributed by atoms with van der Waals surface area (Å²) in [6.45, 7) is 3.93. The molecular weight excluding hydrogens is 126 g/mol. The second kappa shape index (κ2) is 3.94. The van der Waals surface area contributed by atoms with Crippen molar-refractivity contribution in [2.75, 3.05) is 13.2 Å². The Bertz CT molecular complexity index is 89.3. The molecule has 1 unspecified atom stereocenters. The molecule has 0 radical (unpaired) electrons. The Hall–Kier alpha value is -0.0800. The van der Waals surface area contributed by atoms with Crippen LogP contribution in [0.3, 0.4) is 0 Å². The van der Waals surface area contributed by atoms with Crippen molar-refractivity contribution in [2.45, 2.75) is 32.3 Å². The largest absolute Gasteiger partial charge is 0.378 e. The first-order chi connectivity index (χ1) is 4.83. The summed E-state index contributed by atoms with van der Waals surface area (Å²) in [5, 5.41) is 0. The maximum Gasteiger partial charge on any atom is 0.0579 e. The summed E-state index contributed by atoms with van der Waals surface area (Å²) in [4.78, 5) is 0. The maximum atomic E-state index is 5.49. The lowest BCUT2D eigenvalue weighted by Gasteiger charge is -2.13. The second-order valence-electron chi connectivity index (χ2n) is 3.21. The monoisotopic (exact) mass is 143 g/mol. The van der Waals surface area contributed by atoms with Gasteiger partial charge in [-0.15, -0.1) is 0 Å². The number of hydrogen-bond donors (Lipinski definition) is 1. The average molecular weight is 143 g/mol. The maximum absolute atomic E-state index is 5.49. The molecule has 0 amide bonds. The van der Waals surface area contributed by atoms with Crippen LogP contribution >= 0.6 is 0 Å². The molecule has 0 saturated carbocycles. The highest BCUT2D eigenvalue weighted by Gasteiger charge is 2.17. The van der Waals surface area contributed by atoms with Crippen LogP contribution in [0.1, 0.15) is 26.2 Å². The molecule has 10 heavy (non-hydrogen) atoms. The van der Waals surface area contributed by atoms with Gasteiger partial charge in [0.05, 0.1) is 6.10 Å². The van der Waals surface area contributed by atoms with Gasteiger partial charge in [-0.05, 0) is 31.7 Å². The molecule has 2 atom stereocenters. The molecule has 0 aromatic rings. The molecule has 2 N–H and O–H groups in total. The van der Waals surface area contributed by atoms with Crippen LogP contribution in [0.25, 0.3) is 0 Å². The zero-order chi connectivity index (χ0) is 7.40. The first-order valence-corrected chi connectivity index (χ1v) is 4.14. The molecule has 60 valence electrons. The Labute approximate surface area is 62.7 Å². The van der Waals surface area contributed by atoms with Crippen LogP contribution in [0.4, 0.5) is 0 Å². The molecular formula is C8H17NO. The van der Waals surface area contributed by atoms with Gasteiger partial charge in [-0.2, -0.15) is 0 Å². The summed E-state index contributed by atoms with van der Waals surface area (Å²) >= 11 is 0. The highest BCUT2D eigenvalue weighted by Crippen LogP contribution is 2.18. The van der Waals surface area contributed by atoms with Gasteiger partial charge in [-0.1, -0.05) is 6.92 Å². The number of nitrogens with two attached hydrogens (primary N) is 1. The molecule has 0 spiro atoms. The lowest BCUT2D eigenvalue weighted by molar-refractivity contribution is 0.0927. The predicted molar refractivity (Wildman–Crippen MR) is 41.8 cm³/mol. The zero-order valence-corrected chi connectivity index (χ0v) is 6.68. The highest BCUT2D eigenvalue weighted by molar-refractivity contribution is 4.68. The third kappa shape index (κ3) is 2.27. The van der Waals surface area contributed by atoms with Gasteiger partial charge in [0.25, 0.3) is 0 Å². The van der Waals surface area contributed by atoms with Crippen molar-refractivity contribution in [3.8, 4) is 0 Å². The van der Waals surface area contributed by atoms with E-state index in [4.69, 9.17) is 10.5 Å². The van der Waals surface area contributed by atoms with Gasteiger partial charge < -0.3 is 10.5 Å². The summed E-state index contributed by atoms with van der Waals surface area (Å²) in [5.74, 6) is 0.628. The summed E-state index contributed by atoms with van der Waals surface area (Å²) in [5.41, 5.74) is 5.49. The first kappa shape index (κ1) is 8.02. The normalized spacial score (nSPS) is 28.8. The molecule has 0 aliphatic carbocycles. The topological polar surface area (TPSA) is 35.2 Å². The van der Waals surface area contributed by atoms with Crippen molar-refractivity contribution in [1.82, 2.24) is 0 Å². The van der Waals surface area contributed by atoms with Crippen molar-refractivity contribution in [3.05, 3.63) is 0 Å². The quantitative estimate of drug-likeness (QED) is 0.643. The third-order valence-electron chi connectivity index (χ3n) is 2.09. The van der Waals surface area contributed by atoms with E-state index in [2.05, 4.69) is 6.92 Å². The van der Waals surface area contributed by atoms with E-state index >= 15 is 0 Å². The van der Waals surface area contributed by atoms with Crippen LogP contribution in [0, 0.1) is 5.92 Å². The molecule has 1 heterocycles. The molecule has 0 aromatic heterocycles. The summed E-state index contributed by atoms with van der Waals surface area (Å²) < 4.78 is 5.47. The lowest BCUT2D eigenvalue weighted by atomic mass is 10.0. The van der Waals surface area contributed by atoms with E-state index in [9.17, 15) is 0 Å². The Morgan fingerprint density at radius 1 is 1.70 bits per heavy atom. The van der Waals surface area contributed by atoms with Gasteiger partial charge in [-0.3, -0.25) is 0 Å². The Balaban J connectivity index is 2.11. The minimum atomic E-state index is 0.513. The molecule has 1 aliphatic heterocycles. The minimum absolute atomic E-state index is 0.513. The van der Waals surface area contributed by atoms with Crippen molar-refractivity contribution in [3.63, 3.8) is 0 Å². The second-order valence-corrected chi connectivity index (χ2v) is 3.21. The van der Waals surface area contributed by atoms with Crippen LogP contribution in [0.15, 0.2) is 0 Å². The smallest absolute Gasteiger partial charge is 0.0579 e. The fourth-order valence-corrected chi connectivity index (χ4v) is 1.38. The highest BCUT2D eigenvalue weighted by atomic mass is 16.5. The summed E-state index contributed by atoms with van der Waals surface area (Å²) in [6, 6.07) is 0. The predicted octanol–water partition coefficient (Wildman–Crippen LogP) is 1.15. The van der Waals surface area contributed by atoms with Crippen LogP contribution in [0.5, 0.6) is 0 Å². The fourth-order valence-electron chi connectivity index (χ4n) is 1.38. The minimum Gasteiger partial charge on any atom is -0.378 e. The molecule has 0 aromatic carbocycles. The summed E-state index contributed by atoms with van der Waals surface area (Å²) in [6.07, 6.45) is 4.14. The number of hydrogen-bond acceptors (Lipinski definition) is 2. The van der Waals surface area contributed by atoms with Crippen LogP contribution < -0.4 is 5.73 Å². The van der Waals surface area contributed by atoms with Gasteiger partial charge in [0.2, 0.25) is 0 Å². The Kier molecular flexibility index (Phi) is 3.16. The molecule has 1 aliphatic rings. The Morgan fingerprint density at radius 2 is 2.50 bits per heavy atom. The van der Waals surface area contributed by atoms with E-state index in [0.29, 0.717) is 12.0 Å². The molecule has 2 heteroatoms. The van der Waals surface area contributed by atoms with Crippen molar-refractivity contribution in [1.29, 1.82) is 0 Å². The molecule has 0 bridgehead atoms. The average Bonchev–Trinajstić information content (AvgIpc) is 2.40. The summed E-state index contributed by atoms with van der Waals surface area (Å²) in [7, 11) is 0. The molecule has 1 fully saturated rings.